The Bertz CT molecular complexity index is 705. The number of ether oxygens (including phenoxy) is 2. The van der Waals surface area contributed by atoms with E-state index in [1.807, 2.05) is 54.6 Å². The summed E-state index contributed by atoms with van der Waals surface area (Å²) in [5.41, 5.74) is 1.14. The van der Waals surface area contributed by atoms with Gasteiger partial charge in [-0.1, -0.05) is 41.9 Å². The Kier molecular flexibility index (Phi) is 6.53. The average molecular weight is 374 g/mol. The second-order valence-electron chi connectivity index (χ2n) is 6.54. The number of rotatable bonds is 6. The molecule has 0 N–H and O–H groups in total. The number of nitrogens with zero attached hydrogens (tertiary/aromatic N) is 1. The number of esters is 1. The maximum atomic E-state index is 12.4. The minimum atomic E-state index is -0.174. The van der Waals surface area contributed by atoms with Crippen molar-refractivity contribution in [1.82, 2.24) is 4.90 Å². The molecule has 0 spiro atoms. The highest BCUT2D eigenvalue weighted by molar-refractivity contribution is 6.30. The van der Waals surface area contributed by atoms with E-state index in [0.717, 1.165) is 30.8 Å². The Balaban J connectivity index is 1.60. The number of piperidine rings is 1. The fraction of sp³-hybridized carbons (Fsp3) is 0.381. The normalized spacial score (nSPS) is 20.5. The molecule has 2 aromatic rings. The lowest BCUT2D eigenvalue weighted by atomic mass is 9.80. The predicted octanol–water partition coefficient (Wildman–Crippen LogP) is 4.00. The number of halogens is 1. The van der Waals surface area contributed by atoms with Crippen LogP contribution in [0.5, 0.6) is 5.75 Å². The third-order valence-corrected chi connectivity index (χ3v) is 5.17. The zero-order valence-electron chi connectivity index (χ0n) is 14.9. The van der Waals surface area contributed by atoms with Gasteiger partial charge in [-0.25, -0.2) is 0 Å². The number of benzene rings is 2. The first-order chi connectivity index (χ1) is 12.7. The van der Waals surface area contributed by atoms with Crippen molar-refractivity contribution in [3.05, 3.63) is 65.2 Å². The molecule has 1 heterocycles. The Hall–Kier alpha value is -2.04. The average Bonchev–Trinajstić information content (AvgIpc) is 2.69. The molecule has 0 bridgehead atoms. The smallest absolute Gasteiger partial charge is 0.310 e. The molecular formula is C21H24ClNO3. The molecule has 5 heteroatoms. The largest absolute Gasteiger partial charge is 0.492 e. The van der Waals surface area contributed by atoms with Gasteiger partial charge in [0.25, 0.3) is 0 Å². The summed E-state index contributed by atoms with van der Waals surface area (Å²) in [5.74, 6) is 0.698. The zero-order valence-corrected chi connectivity index (χ0v) is 15.7. The van der Waals surface area contributed by atoms with E-state index < -0.39 is 0 Å². The summed E-state index contributed by atoms with van der Waals surface area (Å²) in [4.78, 5) is 14.6. The Morgan fingerprint density at radius 2 is 1.88 bits per heavy atom. The molecule has 1 saturated heterocycles. The van der Waals surface area contributed by atoms with E-state index in [4.69, 9.17) is 21.1 Å². The first-order valence-corrected chi connectivity index (χ1v) is 9.28. The molecule has 1 aliphatic rings. The Morgan fingerprint density at radius 1 is 1.15 bits per heavy atom. The Morgan fingerprint density at radius 3 is 2.58 bits per heavy atom. The van der Waals surface area contributed by atoms with Crippen LogP contribution in [-0.2, 0) is 9.53 Å². The number of hydrogen-bond donors (Lipinski definition) is 0. The minimum absolute atomic E-state index is 0.154. The maximum Gasteiger partial charge on any atom is 0.310 e. The summed E-state index contributed by atoms with van der Waals surface area (Å²) < 4.78 is 10.8. The van der Waals surface area contributed by atoms with Gasteiger partial charge in [-0.3, -0.25) is 9.69 Å². The second kappa shape index (κ2) is 9.06. The van der Waals surface area contributed by atoms with Gasteiger partial charge in [0.1, 0.15) is 12.4 Å². The third-order valence-electron chi connectivity index (χ3n) is 4.92. The number of likely N-dealkylation sites (tertiary alicyclic amines) is 1. The van der Waals surface area contributed by atoms with Crippen molar-refractivity contribution in [3.8, 4) is 5.75 Å². The van der Waals surface area contributed by atoms with Gasteiger partial charge in [0.2, 0.25) is 0 Å². The zero-order chi connectivity index (χ0) is 18.4. The highest BCUT2D eigenvalue weighted by Crippen LogP contribution is 2.34. The van der Waals surface area contributed by atoms with Crippen molar-refractivity contribution in [2.45, 2.75) is 12.3 Å². The van der Waals surface area contributed by atoms with E-state index in [1.54, 1.807) is 0 Å². The van der Waals surface area contributed by atoms with Crippen LogP contribution < -0.4 is 4.74 Å². The lowest BCUT2D eigenvalue weighted by molar-refractivity contribution is -0.148. The van der Waals surface area contributed by atoms with Crippen LogP contribution in [0.4, 0.5) is 0 Å². The highest BCUT2D eigenvalue weighted by atomic mass is 35.5. The van der Waals surface area contributed by atoms with Crippen molar-refractivity contribution < 1.29 is 14.3 Å². The molecule has 2 unspecified atom stereocenters. The van der Waals surface area contributed by atoms with Crippen molar-refractivity contribution in [2.75, 3.05) is 33.4 Å². The van der Waals surface area contributed by atoms with Crippen LogP contribution in [0.1, 0.15) is 17.9 Å². The van der Waals surface area contributed by atoms with E-state index in [0.29, 0.717) is 18.2 Å². The summed E-state index contributed by atoms with van der Waals surface area (Å²) in [6, 6.07) is 17.6. The van der Waals surface area contributed by atoms with Crippen LogP contribution in [0.25, 0.3) is 0 Å². The monoisotopic (exact) mass is 373 g/mol. The molecule has 138 valence electrons. The topological polar surface area (TPSA) is 38.8 Å². The van der Waals surface area contributed by atoms with Crippen LogP contribution in [0.3, 0.4) is 0 Å². The fourth-order valence-corrected chi connectivity index (χ4v) is 3.66. The molecule has 26 heavy (non-hydrogen) atoms. The Labute approximate surface area is 159 Å². The molecule has 0 saturated carbocycles. The van der Waals surface area contributed by atoms with Gasteiger partial charge in [-0.2, -0.15) is 0 Å². The maximum absolute atomic E-state index is 12.4. The summed E-state index contributed by atoms with van der Waals surface area (Å²) in [7, 11) is 1.46. The number of carbonyl (C=O) groups excluding carboxylic acids is 1. The van der Waals surface area contributed by atoms with Gasteiger partial charge in [-0.05, 0) is 48.7 Å². The number of methoxy groups -OCH3 is 1. The van der Waals surface area contributed by atoms with Crippen molar-refractivity contribution in [2.24, 2.45) is 5.92 Å². The molecule has 1 fully saturated rings. The molecule has 1 aliphatic heterocycles. The van der Waals surface area contributed by atoms with Gasteiger partial charge in [0.05, 0.1) is 13.0 Å². The lowest BCUT2D eigenvalue weighted by Gasteiger charge is -2.37. The summed E-state index contributed by atoms with van der Waals surface area (Å²) in [6.07, 6.45) is 0.909. The standard InChI is InChI=1S/C21H24ClNO3/c1-25-21(24)20-15-23(13-14-26-18-5-3-2-4-6-18)12-11-19(20)16-7-9-17(22)10-8-16/h2-10,19-20H,11-15H2,1H3. The van der Waals surface area contributed by atoms with Gasteiger partial charge in [0, 0.05) is 18.1 Å². The second-order valence-corrected chi connectivity index (χ2v) is 6.97. The highest BCUT2D eigenvalue weighted by Gasteiger charge is 2.35. The van der Waals surface area contributed by atoms with E-state index in [2.05, 4.69) is 4.90 Å². The molecule has 2 atom stereocenters. The molecule has 0 radical (unpaired) electrons. The molecule has 4 nitrogen and oxygen atoms in total. The molecule has 2 aromatic carbocycles. The number of hydrogen-bond acceptors (Lipinski definition) is 4. The van der Waals surface area contributed by atoms with Gasteiger partial charge in [-0.15, -0.1) is 0 Å². The molecule has 0 aliphatic carbocycles. The minimum Gasteiger partial charge on any atom is -0.492 e. The van der Waals surface area contributed by atoms with Gasteiger partial charge >= 0.3 is 5.97 Å². The summed E-state index contributed by atoms with van der Waals surface area (Å²) in [5, 5.41) is 0.707. The molecular weight excluding hydrogens is 350 g/mol. The van der Waals surface area contributed by atoms with E-state index in [9.17, 15) is 4.79 Å². The van der Waals surface area contributed by atoms with E-state index in [-0.39, 0.29) is 17.8 Å². The van der Waals surface area contributed by atoms with Crippen LogP contribution in [-0.4, -0.2) is 44.2 Å². The quantitative estimate of drug-likeness (QED) is 0.717. The predicted molar refractivity (Wildman–Crippen MR) is 103 cm³/mol. The van der Waals surface area contributed by atoms with Crippen molar-refractivity contribution in [1.29, 1.82) is 0 Å². The van der Waals surface area contributed by atoms with E-state index in [1.165, 1.54) is 7.11 Å². The lowest BCUT2D eigenvalue weighted by Crippen LogP contribution is -2.44. The van der Waals surface area contributed by atoms with Crippen LogP contribution in [0, 0.1) is 5.92 Å². The SMILES string of the molecule is COC(=O)C1CN(CCOc2ccccc2)CCC1c1ccc(Cl)cc1. The van der Waals surface area contributed by atoms with Crippen molar-refractivity contribution >= 4 is 17.6 Å². The molecule has 3 rings (SSSR count). The molecule has 0 amide bonds. The van der Waals surface area contributed by atoms with Crippen LogP contribution in [0.2, 0.25) is 5.02 Å². The summed E-state index contributed by atoms with van der Waals surface area (Å²) >= 11 is 5.99. The summed E-state index contributed by atoms with van der Waals surface area (Å²) in [6.45, 7) is 3.00. The van der Waals surface area contributed by atoms with Crippen LogP contribution in [0.15, 0.2) is 54.6 Å². The van der Waals surface area contributed by atoms with Crippen LogP contribution >= 0.6 is 11.6 Å². The number of carbonyl (C=O) groups is 1. The van der Waals surface area contributed by atoms with E-state index >= 15 is 0 Å². The number of para-hydroxylation sites is 1. The fourth-order valence-electron chi connectivity index (χ4n) is 3.53. The van der Waals surface area contributed by atoms with Gasteiger partial charge in [0.15, 0.2) is 0 Å². The first-order valence-electron chi connectivity index (χ1n) is 8.91. The first kappa shape index (κ1) is 18.7. The third kappa shape index (κ3) is 4.77. The molecule has 0 aromatic heterocycles. The van der Waals surface area contributed by atoms with Gasteiger partial charge < -0.3 is 9.47 Å². The van der Waals surface area contributed by atoms with Crippen molar-refractivity contribution in [3.63, 3.8) is 0 Å².